The number of methoxy groups -OCH3 is 1. The quantitative estimate of drug-likeness (QED) is 0.886. The predicted octanol–water partition coefficient (Wildman–Crippen LogP) is 2.60. The minimum Gasteiger partial charge on any atom is -0.481 e. The van der Waals surface area contributed by atoms with Crippen LogP contribution in [0, 0.1) is 0 Å². The minimum atomic E-state index is -1.18. The molecule has 0 aromatic carbocycles. The molecule has 23 heavy (non-hydrogen) atoms. The van der Waals surface area contributed by atoms with Gasteiger partial charge < -0.3 is 9.84 Å². The topological polar surface area (TPSA) is 77.2 Å². The van der Waals surface area contributed by atoms with Crippen LogP contribution in [0.25, 0.3) is 0 Å². The van der Waals surface area contributed by atoms with E-state index in [0.717, 1.165) is 18.4 Å². The fourth-order valence-electron chi connectivity index (χ4n) is 2.84. The van der Waals surface area contributed by atoms with Crippen LogP contribution in [-0.2, 0) is 16.8 Å². The summed E-state index contributed by atoms with van der Waals surface area (Å²) in [6, 6.07) is 5.36. The lowest BCUT2D eigenvalue weighted by Gasteiger charge is -2.26. The number of aliphatic carboxylic acids is 1. The molecule has 1 unspecified atom stereocenters. The summed E-state index contributed by atoms with van der Waals surface area (Å²) in [7, 11) is 1.54. The fraction of sp³-hybridized carbons (Fsp3) is 0.471. The van der Waals surface area contributed by atoms with Crippen molar-refractivity contribution in [1.82, 2.24) is 14.8 Å². The number of nitrogens with zero attached hydrogens (tertiary/aromatic N) is 3. The molecule has 1 aliphatic carbocycles. The van der Waals surface area contributed by atoms with Gasteiger partial charge in [0.2, 0.25) is 5.88 Å². The molecule has 1 fully saturated rings. The molecule has 1 saturated carbocycles. The van der Waals surface area contributed by atoms with Crippen LogP contribution in [0.15, 0.2) is 30.6 Å². The van der Waals surface area contributed by atoms with E-state index in [-0.39, 0.29) is 6.42 Å². The number of ether oxygens (including phenoxy) is 1. The van der Waals surface area contributed by atoms with Crippen LogP contribution in [0.1, 0.15) is 43.4 Å². The van der Waals surface area contributed by atoms with Gasteiger partial charge in [-0.2, -0.15) is 5.10 Å². The second-order valence-electron chi connectivity index (χ2n) is 6.27. The molecule has 2 aromatic heterocycles. The Morgan fingerprint density at radius 1 is 1.48 bits per heavy atom. The molecule has 0 radical (unpaired) electrons. The van der Waals surface area contributed by atoms with Crippen molar-refractivity contribution in [3.8, 4) is 5.88 Å². The SMILES string of the molecule is COc1cccc(CC(C)(C(=O)O)n2cc(C3CCC3)cn2)n1. The van der Waals surface area contributed by atoms with Gasteiger partial charge in [0.1, 0.15) is 0 Å². The summed E-state index contributed by atoms with van der Waals surface area (Å²) in [6.07, 6.45) is 7.47. The molecule has 0 bridgehead atoms. The van der Waals surface area contributed by atoms with Crippen molar-refractivity contribution in [3.63, 3.8) is 0 Å². The van der Waals surface area contributed by atoms with Crippen LogP contribution in [0.2, 0.25) is 0 Å². The summed E-state index contributed by atoms with van der Waals surface area (Å²) in [5.74, 6) is 0.0768. The molecule has 1 aliphatic rings. The van der Waals surface area contributed by atoms with Gasteiger partial charge in [0.25, 0.3) is 0 Å². The monoisotopic (exact) mass is 315 g/mol. The second-order valence-corrected chi connectivity index (χ2v) is 6.27. The molecule has 0 aliphatic heterocycles. The number of carboxylic acids is 1. The van der Waals surface area contributed by atoms with E-state index in [9.17, 15) is 9.90 Å². The lowest BCUT2D eigenvalue weighted by atomic mass is 9.81. The highest BCUT2D eigenvalue weighted by Gasteiger charge is 2.37. The van der Waals surface area contributed by atoms with E-state index in [1.807, 2.05) is 12.3 Å². The summed E-state index contributed by atoms with van der Waals surface area (Å²) < 4.78 is 6.67. The Labute approximate surface area is 135 Å². The van der Waals surface area contributed by atoms with Crippen molar-refractivity contribution >= 4 is 5.97 Å². The Balaban J connectivity index is 1.89. The number of rotatable bonds is 6. The van der Waals surface area contributed by atoms with E-state index in [0.29, 0.717) is 17.5 Å². The first-order chi connectivity index (χ1) is 11.0. The van der Waals surface area contributed by atoms with Crippen molar-refractivity contribution in [2.45, 2.75) is 44.1 Å². The number of hydrogen-bond acceptors (Lipinski definition) is 4. The van der Waals surface area contributed by atoms with Crippen LogP contribution in [0.3, 0.4) is 0 Å². The first kappa shape index (κ1) is 15.5. The maximum atomic E-state index is 11.9. The molecule has 0 saturated heterocycles. The van der Waals surface area contributed by atoms with Crippen LogP contribution in [0.5, 0.6) is 5.88 Å². The van der Waals surface area contributed by atoms with Gasteiger partial charge in [-0.15, -0.1) is 0 Å². The van der Waals surface area contributed by atoms with E-state index in [1.54, 1.807) is 37.0 Å². The van der Waals surface area contributed by atoms with Gasteiger partial charge >= 0.3 is 5.97 Å². The number of hydrogen-bond donors (Lipinski definition) is 1. The zero-order chi connectivity index (χ0) is 16.4. The predicted molar refractivity (Wildman–Crippen MR) is 84.6 cm³/mol. The average molecular weight is 315 g/mol. The van der Waals surface area contributed by atoms with E-state index in [2.05, 4.69) is 10.1 Å². The van der Waals surface area contributed by atoms with Crippen LogP contribution in [0.4, 0.5) is 0 Å². The van der Waals surface area contributed by atoms with Crippen molar-refractivity contribution in [1.29, 1.82) is 0 Å². The fourth-order valence-corrected chi connectivity index (χ4v) is 2.84. The van der Waals surface area contributed by atoms with E-state index in [4.69, 9.17) is 4.74 Å². The van der Waals surface area contributed by atoms with Crippen molar-refractivity contribution in [2.24, 2.45) is 0 Å². The number of aromatic nitrogens is 3. The van der Waals surface area contributed by atoms with Gasteiger partial charge in [-0.25, -0.2) is 9.78 Å². The third-order valence-corrected chi connectivity index (χ3v) is 4.66. The Morgan fingerprint density at radius 2 is 2.26 bits per heavy atom. The smallest absolute Gasteiger partial charge is 0.331 e. The van der Waals surface area contributed by atoms with Crippen LogP contribution in [-0.4, -0.2) is 33.0 Å². The van der Waals surface area contributed by atoms with Gasteiger partial charge in [-0.3, -0.25) is 4.68 Å². The van der Waals surface area contributed by atoms with Crippen molar-refractivity contribution < 1.29 is 14.6 Å². The lowest BCUT2D eigenvalue weighted by molar-refractivity contribution is -0.147. The number of carboxylic acid groups (broad SMARTS) is 1. The lowest BCUT2D eigenvalue weighted by Crippen LogP contribution is -2.41. The molecule has 6 heteroatoms. The first-order valence-electron chi connectivity index (χ1n) is 7.81. The molecule has 0 spiro atoms. The van der Waals surface area contributed by atoms with Gasteiger partial charge in [-0.1, -0.05) is 12.5 Å². The Morgan fingerprint density at radius 3 is 2.87 bits per heavy atom. The molecule has 2 aromatic rings. The summed E-state index contributed by atoms with van der Waals surface area (Å²) in [5.41, 5.74) is 0.610. The molecule has 1 atom stereocenters. The van der Waals surface area contributed by atoms with Crippen molar-refractivity contribution in [3.05, 3.63) is 41.9 Å². The molecule has 0 amide bonds. The summed E-state index contributed by atoms with van der Waals surface area (Å²) in [5, 5.41) is 14.1. The average Bonchev–Trinajstić information content (AvgIpc) is 2.95. The maximum Gasteiger partial charge on any atom is 0.331 e. The molecular weight excluding hydrogens is 294 g/mol. The van der Waals surface area contributed by atoms with Crippen molar-refractivity contribution in [2.75, 3.05) is 7.11 Å². The van der Waals surface area contributed by atoms with Gasteiger partial charge in [-0.05, 0) is 37.3 Å². The summed E-state index contributed by atoms with van der Waals surface area (Å²) in [6.45, 7) is 1.67. The molecule has 122 valence electrons. The third-order valence-electron chi connectivity index (χ3n) is 4.66. The van der Waals surface area contributed by atoms with E-state index >= 15 is 0 Å². The highest BCUT2D eigenvalue weighted by atomic mass is 16.5. The standard InChI is InChI=1S/C17H21N3O3/c1-17(16(21)22,9-14-7-4-8-15(19-14)23-2)20-11-13(10-18-20)12-5-3-6-12/h4,7-8,10-12H,3,5-6,9H2,1-2H3,(H,21,22). The highest BCUT2D eigenvalue weighted by Crippen LogP contribution is 2.36. The zero-order valence-corrected chi connectivity index (χ0v) is 13.4. The number of pyridine rings is 1. The third kappa shape index (κ3) is 2.93. The summed E-state index contributed by atoms with van der Waals surface area (Å²) in [4.78, 5) is 16.3. The summed E-state index contributed by atoms with van der Waals surface area (Å²) >= 11 is 0. The molecule has 2 heterocycles. The maximum absolute atomic E-state index is 11.9. The highest BCUT2D eigenvalue weighted by molar-refractivity contribution is 5.76. The van der Waals surface area contributed by atoms with Crippen LogP contribution >= 0.6 is 0 Å². The largest absolute Gasteiger partial charge is 0.481 e. The molecule has 1 N–H and O–H groups in total. The molecule has 6 nitrogen and oxygen atoms in total. The minimum absolute atomic E-state index is 0.241. The first-order valence-corrected chi connectivity index (χ1v) is 7.81. The second kappa shape index (κ2) is 6.02. The van der Waals surface area contributed by atoms with E-state index < -0.39 is 11.5 Å². The normalized spacial score (nSPS) is 17.3. The van der Waals surface area contributed by atoms with Gasteiger partial charge in [0.15, 0.2) is 5.54 Å². The Hall–Kier alpha value is -2.37. The Kier molecular flexibility index (Phi) is 4.07. The Bertz CT molecular complexity index is 709. The molecular formula is C17H21N3O3. The van der Waals surface area contributed by atoms with Crippen LogP contribution < -0.4 is 4.74 Å². The number of carbonyl (C=O) groups is 1. The van der Waals surface area contributed by atoms with E-state index in [1.165, 1.54) is 6.42 Å². The van der Waals surface area contributed by atoms with Gasteiger partial charge in [0.05, 0.1) is 13.3 Å². The molecule has 3 rings (SSSR count). The zero-order valence-electron chi connectivity index (χ0n) is 13.4. The van der Waals surface area contributed by atoms with Gasteiger partial charge in [0, 0.05) is 24.4 Å².